The van der Waals surface area contributed by atoms with Crippen molar-refractivity contribution in [3.05, 3.63) is 325 Å². The summed E-state index contributed by atoms with van der Waals surface area (Å²) in [5, 5.41) is 42.1. The molecular formula is C119H117Ir3N8O6S3-3. The third-order valence-electron chi connectivity index (χ3n) is 23.6. The minimum Gasteiger partial charge on any atom is -0.512 e. The Labute approximate surface area is 868 Å². The van der Waals surface area contributed by atoms with Gasteiger partial charge in [0.25, 0.3) is 0 Å². The number of aryl methyl sites for hydroxylation is 6. The molecule has 0 atom stereocenters. The summed E-state index contributed by atoms with van der Waals surface area (Å²) in [6, 6.07) is 81.2. The molecule has 139 heavy (non-hydrogen) atoms. The molecule has 0 bridgehead atoms. The second kappa shape index (κ2) is 44.0. The van der Waals surface area contributed by atoms with Gasteiger partial charge in [-0.15, -0.1) is 69.8 Å². The van der Waals surface area contributed by atoms with Crippen LogP contribution in [0.3, 0.4) is 0 Å². The van der Waals surface area contributed by atoms with Gasteiger partial charge >= 0.3 is 0 Å². The van der Waals surface area contributed by atoms with E-state index in [9.17, 15) is 29.7 Å². The normalized spacial score (nSPS) is 12.2. The van der Waals surface area contributed by atoms with Crippen LogP contribution < -0.4 is 0 Å². The minimum atomic E-state index is -0.417. The average molecular weight is 2430 g/mol. The number of ketones is 3. The zero-order valence-electron chi connectivity index (χ0n) is 83.1. The smallest absolute Gasteiger partial charge is 0.164 e. The molecule has 20 heteroatoms. The largest absolute Gasteiger partial charge is 0.512 e. The topological polar surface area (TPSA) is 215 Å². The van der Waals surface area contributed by atoms with Gasteiger partial charge in [0.1, 0.15) is 36.3 Å². The number of fused-ring (bicyclic) bond motifs is 13. The van der Waals surface area contributed by atoms with Gasteiger partial charge in [-0.1, -0.05) is 289 Å². The SMILES string of the molecule is CC(C)(C)C(=O)C=C(O)C(C)(C)C.CC(C)(C)C(=O)C=C(O)C(C)(C)C.CC(C)(C)C(=O)C=C(O)C(C)(C)C.Cc1[c-]c(-c2ncnc3cc(-c4cccc5ccccc45)ccc23)c2sc3cccc(C)c3c2c1.Cc1[c-]c(-c2ncnc3cc(-c4ccccn4)ccc23)c2sc3cccc(C)c3c2c1.Cc1[c-]c(-c2ncnc3cc(-c4cccnc4)ccc23)c2sc3cccc(C)c3c2c1.[Ir].[Ir].[Ir]. The summed E-state index contributed by atoms with van der Waals surface area (Å²) in [7, 11) is 0. The summed E-state index contributed by atoms with van der Waals surface area (Å²) in [5.74, 6) is 0.312. The Hall–Kier alpha value is -11.8. The maximum atomic E-state index is 11.5. The van der Waals surface area contributed by atoms with Gasteiger partial charge in [0.15, 0.2) is 17.3 Å². The summed E-state index contributed by atoms with van der Waals surface area (Å²) in [4.78, 5) is 71.2. The minimum absolute atomic E-state index is 0. The Morgan fingerprint density at radius 3 is 1.01 bits per heavy atom. The van der Waals surface area contributed by atoms with Crippen molar-refractivity contribution in [2.45, 2.75) is 166 Å². The van der Waals surface area contributed by atoms with E-state index in [2.05, 4.69) is 261 Å². The number of carbonyl (C=O) groups excluding carboxylic acids is 3. The Balaban J connectivity index is 0.000000167. The first kappa shape index (κ1) is 108. The molecule has 19 rings (SSSR count). The van der Waals surface area contributed by atoms with Gasteiger partial charge in [-0.05, 0) is 166 Å². The number of pyridine rings is 2. The van der Waals surface area contributed by atoms with Crippen molar-refractivity contribution in [3.8, 4) is 67.3 Å². The molecular weight excluding hydrogens is 2310 g/mol. The molecule has 0 saturated carbocycles. The molecule has 11 aromatic carbocycles. The van der Waals surface area contributed by atoms with Crippen LogP contribution in [0.25, 0.3) is 171 Å². The zero-order chi connectivity index (χ0) is 98.0. The Morgan fingerprint density at radius 1 is 0.309 bits per heavy atom. The van der Waals surface area contributed by atoms with Gasteiger partial charge in [-0.25, -0.2) is 15.0 Å². The van der Waals surface area contributed by atoms with E-state index in [1.54, 1.807) is 25.2 Å². The quantitative estimate of drug-likeness (QED) is 0.0696. The molecule has 0 unspecified atom stereocenters. The molecule has 19 aromatic rings. The molecule has 3 N–H and O–H groups in total. The van der Waals surface area contributed by atoms with Crippen molar-refractivity contribution in [2.75, 3.05) is 0 Å². The van der Waals surface area contributed by atoms with E-state index in [1.807, 2.05) is 195 Å². The van der Waals surface area contributed by atoms with E-state index in [4.69, 9.17) is 15.0 Å². The molecule has 0 saturated heterocycles. The van der Waals surface area contributed by atoms with Gasteiger partial charge in [0.05, 0.1) is 22.2 Å². The van der Waals surface area contributed by atoms with Crippen molar-refractivity contribution in [2.24, 2.45) is 32.5 Å². The Morgan fingerprint density at radius 2 is 0.655 bits per heavy atom. The van der Waals surface area contributed by atoms with Crippen LogP contribution in [0.4, 0.5) is 0 Å². The van der Waals surface area contributed by atoms with Crippen molar-refractivity contribution >= 4 is 155 Å². The summed E-state index contributed by atoms with van der Waals surface area (Å²) in [6.07, 6.45) is 14.5. The predicted octanol–water partition coefficient (Wildman–Crippen LogP) is 32.5. The van der Waals surface area contributed by atoms with Gasteiger partial charge in [-0.2, -0.15) is 34.0 Å². The average Bonchev–Trinajstić information content (AvgIpc) is 1.63. The number of aliphatic hydroxyl groups excluding tert-OH is 3. The maximum Gasteiger partial charge on any atom is 0.164 e. The fourth-order valence-corrected chi connectivity index (χ4v) is 19.3. The maximum absolute atomic E-state index is 11.5. The Kier molecular flexibility index (Phi) is 34.0. The summed E-state index contributed by atoms with van der Waals surface area (Å²) in [5.41, 5.74) is 20.2. The summed E-state index contributed by atoms with van der Waals surface area (Å²) in [6.45, 7) is 46.2. The van der Waals surface area contributed by atoms with Crippen LogP contribution in [0.5, 0.6) is 0 Å². The van der Waals surface area contributed by atoms with Gasteiger partial charge in [-0.3, -0.25) is 39.3 Å². The van der Waals surface area contributed by atoms with Gasteiger partial charge in [0, 0.05) is 172 Å². The number of hydrogen-bond donors (Lipinski definition) is 3. The van der Waals surface area contributed by atoms with Crippen LogP contribution in [0, 0.1) is 92.2 Å². The first-order valence-electron chi connectivity index (χ1n) is 45.7. The molecule has 717 valence electrons. The number of benzene rings is 11. The van der Waals surface area contributed by atoms with E-state index < -0.39 is 16.2 Å². The number of allylic oxidation sites excluding steroid dienone is 6. The molecule has 0 fully saturated rings. The van der Waals surface area contributed by atoms with Crippen LogP contribution in [0.15, 0.2) is 273 Å². The second-order valence-corrected chi connectivity index (χ2v) is 44.0. The second-order valence-electron chi connectivity index (χ2n) is 40.9. The monoisotopic (exact) mass is 2430 g/mol. The van der Waals surface area contributed by atoms with E-state index in [0.29, 0.717) is 0 Å². The number of aromatic nitrogens is 8. The third-order valence-corrected chi connectivity index (χ3v) is 27.2. The third kappa shape index (κ3) is 24.8. The number of aliphatic hydroxyl groups is 3. The number of thiophene rings is 3. The number of hydrogen-bond acceptors (Lipinski definition) is 17. The summed E-state index contributed by atoms with van der Waals surface area (Å²) < 4.78 is 7.59. The fraction of sp³-hybridized carbons (Fsp3) is 0.252. The van der Waals surface area contributed by atoms with E-state index in [0.717, 1.165) is 111 Å². The standard InChI is InChI=1S/C32H21N2S.2C27H18N3S.3C11H20O2.3Ir/c1-19-15-26-30-20(2)7-5-12-29(30)35-32(26)27(16-19)31-25-14-13-22(17-28(25)33-18-34-31)24-11-6-9-21-8-3-4-10-23(21)24;1-16-11-21-25-17(2)5-3-7-24(25)31-27(21)22(12-16)26-20-9-8-18(13-23(20)29-15-30-26)19-6-4-10-28-14-19;1-16-12-20-25-17(2)6-5-8-24(25)31-27(20)21(13-16)26-19-10-9-18(14-23(19)29-15-30-26)22-7-3-4-11-28-22;3*1-10(2,3)8(12)7-9(13)11(4,5)6;;;/h3-15,17-18H,1-2H3;3-11,13-15H,1-2H3;3-12,14-15H,1-2H3;3*7,12H,1-6H3;;;/q3*-1;;;;;;. The molecule has 0 amide bonds. The van der Waals surface area contributed by atoms with Crippen molar-refractivity contribution < 1.29 is 90.0 Å². The van der Waals surface area contributed by atoms with Crippen LogP contribution in [-0.4, -0.2) is 72.5 Å². The molecule has 3 radical (unpaired) electrons. The predicted molar refractivity (Wildman–Crippen MR) is 572 cm³/mol. The molecule has 0 aliphatic heterocycles. The number of carbonyl (C=O) groups is 3. The van der Waals surface area contributed by atoms with E-state index in [1.165, 1.54) is 112 Å². The molecule has 0 aliphatic rings. The molecule has 0 spiro atoms. The molecule has 0 aliphatic carbocycles. The Bertz CT molecular complexity index is 7540. The van der Waals surface area contributed by atoms with Crippen LogP contribution in [-0.2, 0) is 74.7 Å². The molecule has 14 nitrogen and oxygen atoms in total. The molecule has 8 heterocycles. The van der Waals surface area contributed by atoms with E-state index >= 15 is 0 Å². The number of rotatable bonds is 9. The van der Waals surface area contributed by atoms with Crippen molar-refractivity contribution in [3.63, 3.8) is 0 Å². The summed E-state index contributed by atoms with van der Waals surface area (Å²) >= 11 is 5.45. The number of nitrogens with zero attached hydrogens (tertiary/aromatic N) is 8. The van der Waals surface area contributed by atoms with Crippen molar-refractivity contribution in [1.82, 2.24) is 39.9 Å². The molecule has 8 aromatic heterocycles. The van der Waals surface area contributed by atoms with Crippen LogP contribution >= 0.6 is 34.0 Å². The van der Waals surface area contributed by atoms with Crippen LogP contribution in [0.2, 0.25) is 0 Å². The van der Waals surface area contributed by atoms with Crippen LogP contribution in [0.1, 0.15) is 158 Å². The fourth-order valence-electron chi connectivity index (χ4n) is 15.5. The van der Waals surface area contributed by atoms with Crippen molar-refractivity contribution in [1.29, 1.82) is 0 Å². The zero-order valence-corrected chi connectivity index (χ0v) is 92.8. The van der Waals surface area contributed by atoms with Gasteiger partial charge in [0.2, 0.25) is 0 Å². The van der Waals surface area contributed by atoms with Gasteiger partial charge < -0.3 is 15.3 Å². The van der Waals surface area contributed by atoms with E-state index in [-0.39, 0.29) is 111 Å². The first-order chi connectivity index (χ1) is 64.2. The first-order valence-corrected chi connectivity index (χ1v) is 48.1.